The first kappa shape index (κ1) is 32.4. The molecule has 4 aromatic carbocycles. The number of fused-ring (bicyclic) bond motifs is 1. The number of methoxy groups -OCH3 is 2. The Morgan fingerprint density at radius 1 is 0.898 bits per heavy atom. The second kappa shape index (κ2) is 13.4. The van der Waals surface area contributed by atoms with Crippen LogP contribution in [0.5, 0.6) is 11.5 Å². The van der Waals surface area contributed by atoms with Gasteiger partial charge in [-0.2, -0.15) is 0 Å². The Kier molecular flexibility index (Phi) is 8.82. The summed E-state index contributed by atoms with van der Waals surface area (Å²) in [6.45, 7) is 0.197. The van der Waals surface area contributed by atoms with Crippen LogP contribution in [-0.2, 0) is 15.1 Å². The third-order valence-electron chi connectivity index (χ3n) is 9.24. The number of aliphatic imine (C=N–C) groups is 3. The Balaban J connectivity index is 1.16. The van der Waals surface area contributed by atoms with E-state index in [1.54, 1.807) is 43.4 Å². The van der Waals surface area contributed by atoms with Crippen LogP contribution in [0.2, 0.25) is 0 Å². The van der Waals surface area contributed by atoms with E-state index in [-0.39, 0.29) is 31.2 Å². The molecule has 0 bridgehead atoms. The third-order valence-corrected chi connectivity index (χ3v) is 9.24. The zero-order valence-corrected chi connectivity index (χ0v) is 27.2. The number of rotatable bonds is 11. The van der Waals surface area contributed by atoms with Gasteiger partial charge in [-0.05, 0) is 41.0 Å². The minimum absolute atomic E-state index is 0.0490. The molecule has 1 saturated heterocycles. The van der Waals surface area contributed by atoms with Crippen LogP contribution in [0.1, 0.15) is 33.5 Å². The molecule has 3 N–H and O–H groups in total. The maximum absolute atomic E-state index is 13.5. The molecule has 1 unspecified atom stereocenters. The smallest absolute Gasteiger partial charge is 0.219 e. The zero-order valence-electron chi connectivity index (χ0n) is 27.2. The summed E-state index contributed by atoms with van der Waals surface area (Å²) in [5.74, 6) is 1.45. The van der Waals surface area contributed by atoms with E-state index in [1.165, 1.54) is 6.34 Å². The number of nitrogens with zero attached hydrogens (tertiary/aromatic N) is 4. The molecule has 1 fully saturated rings. The lowest BCUT2D eigenvalue weighted by molar-refractivity contribution is -0.0988. The van der Waals surface area contributed by atoms with E-state index in [9.17, 15) is 9.90 Å². The van der Waals surface area contributed by atoms with Gasteiger partial charge in [0.05, 0.1) is 26.9 Å². The number of aliphatic hydroxyl groups excluding tert-OH is 1. The summed E-state index contributed by atoms with van der Waals surface area (Å²) in [6, 6.07) is 34.2. The van der Waals surface area contributed by atoms with Crippen molar-refractivity contribution in [3.05, 3.63) is 131 Å². The van der Waals surface area contributed by atoms with Crippen LogP contribution in [0.25, 0.3) is 0 Å². The molecule has 4 atom stereocenters. The molecule has 49 heavy (non-hydrogen) atoms. The van der Waals surface area contributed by atoms with Gasteiger partial charge in [-0.15, -0.1) is 0 Å². The standard InChI is InChI=1S/C38H37N5O6/c1-46-29-17-13-27(14-18-29)37(26-11-7-4-8-12-26,28-15-19-30(47-2)20-16-28)48-22-32-31(44)21-33(49-32)43-24-41-34-36(43)40-23-42-38(34,39)35(45)25-9-5-3-6-10-25/h3-20,23,31-33,44H,21-22,24,39H2,1-2H3/t31-,32+,33+,38?/m0/s1. The largest absolute Gasteiger partial charge is 0.497 e. The van der Waals surface area contributed by atoms with Crippen LogP contribution < -0.4 is 15.2 Å². The van der Waals surface area contributed by atoms with Gasteiger partial charge in [-0.25, -0.2) is 9.98 Å². The van der Waals surface area contributed by atoms with Crippen molar-refractivity contribution in [2.75, 3.05) is 27.5 Å². The van der Waals surface area contributed by atoms with Crippen molar-refractivity contribution in [1.29, 1.82) is 0 Å². The number of carbonyl (C=O) groups excluding carboxylic acids is 1. The molecule has 11 nitrogen and oxygen atoms in total. The van der Waals surface area contributed by atoms with E-state index in [4.69, 9.17) is 24.7 Å². The predicted molar refractivity (Wildman–Crippen MR) is 185 cm³/mol. The summed E-state index contributed by atoms with van der Waals surface area (Å²) >= 11 is 0. The molecule has 250 valence electrons. The lowest BCUT2D eigenvalue weighted by Crippen LogP contribution is -2.59. The van der Waals surface area contributed by atoms with Crippen molar-refractivity contribution in [1.82, 2.24) is 4.90 Å². The molecule has 4 aromatic rings. The van der Waals surface area contributed by atoms with Gasteiger partial charge < -0.3 is 29.0 Å². The van der Waals surface area contributed by atoms with Crippen LogP contribution in [0.4, 0.5) is 0 Å². The van der Waals surface area contributed by atoms with E-state index < -0.39 is 29.7 Å². The van der Waals surface area contributed by atoms with Gasteiger partial charge in [0.2, 0.25) is 11.4 Å². The second-order valence-corrected chi connectivity index (χ2v) is 12.0. The van der Waals surface area contributed by atoms with Gasteiger partial charge in [0, 0.05) is 12.0 Å². The number of carbonyl (C=O) groups is 1. The maximum atomic E-state index is 13.5. The fourth-order valence-electron chi connectivity index (χ4n) is 6.62. The first-order valence-electron chi connectivity index (χ1n) is 16.0. The third kappa shape index (κ3) is 5.80. The molecule has 0 aromatic heterocycles. The van der Waals surface area contributed by atoms with Gasteiger partial charge in [0.25, 0.3) is 0 Å². The maximum Gasteiger partial charge on any atom is 0.219 e. The molecule has 3 aliphatic heterocycles. The van der Waals surface area contributed by atoms with Crippen LogP contribution >= 0.6 is 0 Å². The highest BCUT2D eigenvalue weighted by Gasteiger charge is 2.50. The molecule has 0 radical (unpaired) electrons. The van der Waals surface area contributed by atoms with E-state index in [0.717, 1.165) is 16.7 Å². The summed E-state index contributed by atoms with van der Waals surface area (Å²) < 4.78 is 24.4. The highest BCUT2D eigenvalue weighted by Crippen LogP contribution is 2.42. The minimum atomic E-state index is -1.72. The first-order chi connectivity index (χ1) is 23.9. The van der Waals surface area contributed by atoms with Gasteiger partial charge in [0.1, 0.15) is 48.2 Å². The molecular formula is C38H37N5O6. The quantitative estimate of drug-likeness (QED) is 0.181. The van der Waals surface area contributed by atoms with Crippen LogP contribution in [0, 0.1) is 0 Å². The number of ketones is 1. The molecule has 0 aliphatic carbocycles. The van der Waals surface area contributed by atoms with E-state index >= 15 is 0 Å². The second-order valence-electron chi connectivity index (χ2n) is 12.0. The molecule has 0 saturated carbocycles. The SMILES string of the molecule is COc1ccc(C(OC[C@H]2O[C@@H](N3CN=C4C3=NC=NC4(N)C(=O)c3ccccc3)C[C@@H]2O)(c2ccccc2)c2ccc(OC)cc2)cc1. The Morgan fingerprint density at radius 3 is 2.06 bits per heavy atom. The van der Waals surface area contributed by atoms with Crippen molar-refractivity contribution in [3.8, 4) is 11.5 Å². The van der Waals surface area contributed by atoms with Crippen molar-refractivity contribution < 1.29 is 28.8 Å². The normalized spacial score (nSPS) is 23.1. The highest BCUT2D eigenvalue weighted by molar-refractivity contribution is 6.52. The Bertz CT molecular complexity index is 1830. The fraction of sp³-hybridized carbons (Fsp3) is 0.263. The summed E-state index contributed by atoms with van der Waals surface area (Å²) in [4.78, 5) is 28.6. The number of hydrogen-bond donors (Lipinski definition) is 2. The van der Waals surface area contributed by atoms with Gasteiger partial charge >= 0.3 is 0 Å². The van der Waals surface area contributed by atoms with Crippen LogP contribution in [0.3, 0.4) is 0 Å². The predicted octanol–water partition coefficient (Wildman–Crippen LogP) is 4.18. The summed E-state index contributed by atoms with van der Waals surface area (Å²) in [5, 5.41) is 11.4. The number of nitrogens with two attached hydrogens (primary N) is 1. The van der Waals surface area contributed by atoms with Gasteiger partial charge in [-0.3, -0.25) is 15.5 Å². The lowest BCUT2D eigenvalue weighted by atomic mass is 9.80. The molecule has 11 heteroatoms. The van der Waals surface area contributed by atoms with Crippen molar-refractivity contribution >= 4 is 23.7 Å². The number of Topliss-reactive ketones (excluding diaryl/α,β-unsaturated/α-hetero) is 1. The van der Waals surface area contributed by atoms with E-state index in [1.807, 2.05) is 84.9 Å². The Morgan fingerprint density at radius 2 is 1.47 bits per heavy atom. The molecule has 3 aliphatic rings. The van der Waals surface area contributed by atoms with Crippen molar-refractivity contribution in [2.45, 2.75) is 36.1 Å². The van der Waals surface area contributed by atoms with Crippen molar-refractivity contribution in [2.24, 2.45) is 20.7 Å². The zero-order chi connectivity index (χ0) is 34.0. The average Bonchev–Trinajstić information content (AvgIpc) is 3.77. The lowest BCUT2D eigenvalue weighted by Gasteiger charge is -2.37. The number of benzene rings is 4. The number of aliphatic hydroxyl groups is 1. The summed E-state index contributed by atoms with van der Waals surface area (Å²) in [7, 11) is 3.26. The molecule has 3 heterocycles. The Labute approximate surface area is 284 Å². The summed E-state index contributed by atoms with van der Waals surface area (Å²) in [5.41, 5.74) is 7.13. The highest BCUT2D eigenvalue weighted by atomic mass is 16.6. The van der Waals surface area contributed by atoms with Gasteiger partial charge in [-0.1, -0.05) is 84.9 Å². The van der Waals surface area contributed by atoms with Crippen molar-refractivity contribution in [3.63, 3.8) is 0 Å². The number of hydrogen-bond acceptors (Lipinski definition) is 11. The van der Waals surface area contributed by atoms with E-state index in [2.05, 4.69) is 15.0 Å². The minimum Gasteiger partial charge on any atom is -0.497 e. The number of amidine groups is 1. The van der Waals surface area contributed by atoms with E-state index in [0.29, 0.717) is 22.9 Å². The van der Waals surface area contributed by atoms with Gasteiger partial charge in [0.15, 0.2) is 5.84 Å². The van der Waals surface area contributed by atoms with Crippen LogP contribution in [-0.4, -0.2) is 85.3 Å². The molecule has 0 amide bonds. The number of ether oxygens (including phenoxy) is 4. The molecule has 0 spiro atoms. The first-order valence-corrected chi connectivity index (χ1v) is 16.0. The Hall–Kier alpha value is -5.20. The molecular weight excluding hydrogens is 622 g/mol. The summed E-state index contributed by atoms with van der Waals surface area (Å²) in [6.07, 6.45) is -0.599. The van der Waals surface area contributed by atoms with Crippen LogP contribution in [0.15, 0.2) is 124 Å². The molecule has 7 rings (SSSR count). The monoisotopic (exact) mass is 659 g/mol. The fourth-order valence-corrected chi connectivity index (χ4v) is 6.62. The topological polar surface area (TPSA) is 141 Å². The average molecular weight is 660 g/mol.